The second-order valence-electron chi connectivity index (χ2n) is 6.06. The van der Waals surface area contributed by atoms with E-state index in [0.717, 1.165) is 52.2 Å². The molecule has 7 nitrogen and oxygen atoms in total. The smallest absolute Gasteiger partial charge is 0.233 e. The largest absolute Gasteiger partial charge is 0.379 e. The van der Waals surface area contributed by atoms with Crippen LogP contribution in [0.15, 0.2) is 12.3 Å². The van der Waals surface area contributed by atoms with Crippen LogP contribution >= 0.6 is 24.8 Å². The molecule has 0 atom stereocenters. The first kappa shape index (κ1) is 24.1. The lowest BCUT2D eigenvalue weighted by atomic mass is 9.81. The van der Waals surface area contributed by atoms with Gasteiger partial charge in [0.2, 0.25) is 5.91 Å². The number of aromatic nitrogens is 2. The van der Waals surface area contributed by atoms with Crippen molar-refractivity contribution in [3.8, 4) is 0 Å². The Kier molecular flexibility index (Phi) is 11.3. The number of morpholine rings is 1. The van der Waals surface area contributed by atoms with Crippen LogP contribution < -0.4 is 11.1 Å². The van der Waals surface area contributed by atoms with Gasteiger partial charge in [0.1, 0.15) is 0 Å². The number of nitrogens with two attached hydrogens (primary N) is 1. The molecule has 0 saturated carbocycles. The van der Waals surface area contributed by atoms with Crippen LogP contribution in [0.3, 0.4) is 0 Å². The maximum absolute atomic E-state index is 12.5. The lowest BCUT2D eigenvalue weighted by Crippen LogP contribution is -2.41. The monoisotopic (exact) mass is 395 g/mol. The second kappa shape index (κ2) is 11.7. The summed E-state index contributed by atoms with van der Waals surface area (Å²) in [4.78, 5) is 14.8. The summed E-state index contributed by atoms with van der Waals surface area (Å²) < 4.78 is 7.21. The minimum absolute atomic E-state index is 0. The number of carbonyl (C=O) groups excluding carboxylic acids is 1. The van der Waals surface area contributed by atoms with E-state index in [1.165, 1.54) is 0 Å². The summed E-state index contributed by atoms with van der Waals surface area (Å²) in [5.41, 5.74) is 5.31. The maximum atomic E-state index is 12.5. The van der Waals surface area contributed by atoms with Crippen molar-refractivity contribution in [1.29, 1.82) is 0 Å². The molecule has 0 unspecified atom stereocenters. The first-order valence-corrected chi connectivity index (χ1v) is 8.48. The molecule has 2 heterocycles. The van der Waals surface area contributed by atoms with E-state index in [0.29, 0.717) is 12.4 Å². The Bertz CT molecular complexity index is 494. The summed E-state index contributed by atoms with van der Waals surface area (Å²) in [5.74, 6) is 0.556. The number of amides is 1. The number of carbonyl (C=O) groups is 1. The Morgan fingerprint density at radius 2 is 1.92 bits per heavy atom. The summed E-state index contributed by atoms with van der Waals surface area (Å²) in [5, 5.41) is 7.35. The zero-order valence-electron chi connectivity index (χ0n) is 15.1. The minimum atomic E-state index is -0.502. The average Bonchev–Trinajstić information content (AvgIpc) is 3.03. The van der Waals surface area contributed by atoms with E-state index in [1.54, 1.807) is 0 Å². The highest BCUT2D eigenvalue weighted by atomic mass is 35.5. The average molecular weight is 396 g/mol. The highest BCUT2D eigenvalue weighted by Crippen LogP contribution is 2.26. The quantitative estimate of drug-likeness (QED) is 0.700. The van der Waals surface area contributed by atoms with Crippen LogP contribution in [0.4, 0.5) is 5.82 Å². The molecule has 1 saturated heterocycles. The van der Waals surface area contributed by atoms with Crippen molar-refractivity contribution in [3.05, 3.63) is 12.3 Å². The topological polar surface area (TPSA) is 85.4 Å². The fourth-order valence-electron chi connectivity index (χ4n) is 2.82. The molecule has 1 aromatic rings. The number of ether oxygens (including phenoxy) is 1. The Morgan fingerprint density at radius 3 is 2.48 bits per heavy atom. The van der Waals surface area contributed by atoms with E-state index in [9.17, 15) is 4.79 Å². The lowest BCUT2D eigenvalue weighted by Gasteiger charge is -2.28. The fraction of sp³-hybridized carbons (Fsp3) is 0.750. The summed E-state index contributed by atoms with van der Waals surface area (Å²) in [6.45, 7) is 9.63. The molecule has 0 aliphatic carbocycles. The van der Waals surface area contributed by atoms with Crippen molar-refractivity contribution in [2.45, 2.75) is 33.2 Å². The van der Waals surface area contributed by atoms with Crippen molar-refractivity contribution in [3.63, 3.8) is 0 Å². The molecule has 1 aliphatic heterocycles. The molecular weight excluding hydrogens is 365 g/mol. The molecule has 25 heavy (non-hydrogen) atoms. The SMILES string of the molecule is CCC(CC)(CN)C(=O)Nc1ccn(CCN2CCOCC2)n1.Cl.Cl. The minimum Gasteiger partial charge on any atom is -0.379 e. The van der Waals surface area contributed by atoms with Crippen LogP contribution in [-0.4, -0.2) is 60.0 Å². The Balaban J connectivity index is 0.00000288. The predicted octanol–water partition coefficient (Wildman–Crippen LogP) is 1.76. The summed E-state index contributed by atoms with van der Waals surface area (Å²) in [6, 6.07) is 1.84. The van der Waals surface area contributed by atoms with Crippen molar-refractivity contribution in [2.24, 2.45) is 11.1 Å². The number of hydrogen-bond acceptors (Lipinski definition) is 5. The third kappa shape index (κ3) is 6.42. The zero-order chi connectivity index (χ0) is 16.7. The van der Waals surface area contributed by atoms with E-state index in [4.69, 9.17) is 10.5 Å². The maximum Gasteiger partial charge on any atom is 0.233 e. The third-order valence-electron chi connectivity index (χ3n) is 4.86. The van der Waals surface area contributed by atoms with Gasteiger partial charge in [0.15, 0.2) is 5.82 Å². The van der Waals surface area contributed by atoms with E-state index in [1.807, 2.05) is 30.8 Å². The summed E-state index contributed by atoms with van der Waals surface area (Å²) >= 11 is 0. The number of nitrogens with one attached hydrogen (secondary N) is 1. The molecule has 0 radical (unpaired) electrons. The van der Waals surface area contributed by atoms with Crippen LogP contribution in [0.1, 0.15) is 26.7 Å². The molecule has 146 valence electrons. The van der Waals surface area contributed by atoms with Crippen LogP contribution in [0.2, 0.25) is 0 Å². The molecule has 1 fully saturated rings. The van der Waals surface area contributed by atoms with Gasteiger partial charge in [0.25, 0.3) is 0 Å². The standard InChI is InChI=1S/C16H29N5O2.2ClH/c1-3-16(4-2,13-17)15(22)18-14-5-6-21(19-14)8-7-20-9-11-23-12-10-20;;/h5-6H,3-4,7-13,17H2,1-2H3,(H,18,19,22);2*1H. The molecule has 1 amide bonds. The van der Waals surface area contributed by atoms with E-state index < -0.39 is 5.41 Å². The van der Waals surface area contributed by atoms with Crippen molar-refractivity contribution < 1.29 is 9.53 Å². The van der Waals surface area contributed by atoms with E-state index in [2.05, 4.69) is 15.3 Å². The first-order valence-electron chi connectivity index (χ1n) is 8.48. The summed E-state index contributed by atoms with van der Waals surface area (Å²) in [7, 11) is 0. The summed E-state index contributed by atoms with van der Waals surface area (Å²) in [6.07, 6.45) is 3.35. The molecular formula is C16H31Cl2N5O2. The van der Waals surface area contributed by atoms with Gasteiger partial charge in [0.05, 0.1) is 25.2 Å². The van der Waals surface area contributed by atoms with Crippen LogP contribution in [0.5, 0.6) is 0 Å². The molecule has 0 aromatic carbocycles. The van der Waals surface area contributed by atoms with Gasteiger partial charge in [-0.3, -0.25) is 14.4 Å². The van der Waals surface area contributed by atoms with Gasteiger partial charge in [-0.1, -0.05) is 13.8 Å². The van der Waals surface area contributed by atoms with E-state index >= 15 is 0 Å². The second-order valence-corrected chi connectivity index (χ2v) is 6.06. The fourth-order valence-corrected chi connectivity index (χ4v) is 2.82. The van der Waals surface area contributed by atoms with E-state index in [-0.39, 0.29) is 30.7 Å². The van der Waals surface area contributed by atoms with Gasteiger partial charge in [-0.2, -0.15) is 5.10 Å². The van der Waals surface area contributed by atoms with Crippen LogP contribution in [-0.2, 0) is 16.1 Å². The normalized spacial score (nSPS) is 15.2. The number of halogens is 2. The van der Waals surface area contributed by atoms with Crippen LogP contribution in [0, 0.1) is 5.41 Å². The molecule has 9 heteroatoms. The molecule has 1 aromatic heterocycles. The highest BCUT2D eigenvalue weighted by molar-refractivity contribution is 5.94. The Hall–Kier alpha value is -0.860. The van der Waals surface area contributed by atoms with Crippen molar-refractivity contribution in [2.75, 3.05) is 44.7 Å². The van der Waals surface area contributed by atoms with Gasteiger partial charge in [-0.25, -0.2) is 0 Å². The van der Waals surface area contributed by atoms with Gasteiger partial charge in [0, 0.05) is 38.4 Å². The van der Waals surface area contributed by atoms with Gasteiger partial charge >= 0.3 is 0 Å². The van der Waals surface area contributed by atoms with Crippen molar-refractivity contribution in [1.82, 2.24) is 14.7 Å². The third-order valence-corrected chi connectivity index (χ3v) is 4.86. The van der Waals surface area contributed by atoms with Crippen LogP contribution in [0.25, 0.3) is 0 Å². The number of hydrogen-bond donors (Lipinski definition) is 2. The van der Waals surface area contributed by atoms with Crippen molar-refractivity contribution >= 4 is 36.5 Å². The highest BCUT2D eigenvalue weighted by Gasteiger charge is 2.33. The molecule has 2 rings (SSSR count). The Morgan fingerprint density at radius 1 is 1.28 bits per heavy atom. The van der Waals surface area contributed by atoms with Gasteiger partial charge in [-0.15, -0.1) is 24.8 Å². The Labute approximate surface area is 162 Å². The molecule has 3 N–H and O–H groups in total. The molecule has 1 aliphatic rings. The van der Waals surface area contributed by atoms with Gasteiger partial charge < -0.3 is 15.8 Å². The predicted molar refractivity (Wildman–Crippen MR) is 105 cm³/mol. The van der Waals surface area contributed by atoms with Gasteiger partial charge in [-0.05, 0) is 12.8 Å². The number of anilines is 1. The molecule has 0 bridgehead atoms. The first-order chi connectivity index (χ1) is 11.1. The zero-order valence-corrected chi connectivity index (χ0v) is 16.7. The number of rotatable bonds is 8. The lowest BCUT2D eigenvalue weighted by molar-refractivity contribution is -0.125. The molecule has 0 spiro atoms. The number of nitrogens with zero attached hydrogens (tertiary/aromatic N) is 3.